The minimum atomic E-state index is 0.0884. The van der Waals surface area contributed by atoms with Crippen molar-refractivity contribution in [1.82, 2.24) is 0 Å². The van der Waals surface area contributed by atoms with Gasteiger partial charge in [-0.25, -0.2) is 0 Å². The Kier molecular flexibility index (Phi) is 21.4. The van der Waals surface area contributed by atoms with Crippen LogP contribution in [-0.4, -0.2) is 19.3 Å². The van der Waals surface area contributed by atoms with Crippen molar-refractivity contribution in [3.05, 3.63) is 29.8 Å². The summed E-state index contributed by atoms with van der Waals surface area (Å²) in [5, 5.41) is 10.0. The first-order valence-corrected chi connectivity index (χ1v) is 15.3. The summed E-state index contributed by atoms with van der Waals surface area (Å²) in [5.41, 5.74) is 1.17. The first-order chi connectivity index (χ1) is 17.7. The number of unbranched alkanes of at least 4 members (excludes halogenated alkanes) is 19. The van der Waals surface area contributed by atoms with E-state index in [0.717, 1.165) is 6.42 Å². The second-order valence-electron chi connectivity index (χ2n) is 10.5. The van der Waals surface area contributed by atoms with E-state index in [0.29, 0.717) is 11.5 Å². The highest BCUT2D eigenvalue weighted by Gasteiger charge is 2.10. The molecule has 0 heterocycles. The minimum absolute atomic E-state index is 0.0884. The molecule has 1 aromatic rings. The quantitative estimate of drug-likeness (QED) is 0.107. The summed E-state index contributed by atoms with van der Waals surface area (Å²) < 4.78 is 10.5. The van der Waals surface area contributed by atoms with Crippen LogP contribution >= 0.6 is 0 Å². The van der Waals surface area contributed by atoms with Gasteiger partial charge in [0.25, 0.3) is 0 Å². The fourth-order valence-corrected chi connectivity index (χ4v) is 4.91. The Bertz CT molecular complexity index is 627. The number of phenols is 1. The van der Waals surface area contributed by atoms with Gasteiger partial charge in [0.1, 0.15) is 0 Å². The van der Waals surface area contributed by atoms with Gasteiger partial charge in [0.15, 0.2) is 11.5 Å². The SMILES string of the molecule is CCCCCCCCC=CCCCCCCCCCCCCCCCc1cc(OC)c(O)c(OC)c1. The third kappa shape index (κ3) is 16.9. The predicted molar refractivity (Wildman–Crippen MR) is 157 cm³/mol. The largest absolute Gasteiger partial charge is 0.502 e. The summed E-state index contributed by atoms with van der Waals surface area (Å²) >= 11 is 0. The lowest BCUT2D eigenvalue weighted by Crippen LogP contribution is -1.93. The van der Waals surface area contributed by atoms with Crippen LogP contribution < -0.4 is 9.47 Å². The van der Waals surface area contributed by atoms with Crippen LogP contribution in [0.4, 0.5) is 0 Å². The average molecular weight is 503 g/mol. The zero-order valence-corrected chi connectivity index (χ0v) is 24.1. The molecule has 1 rings (SSSR count). The number of aryl methyl sites for hydroxylation is 1. The van der Waals surface area contributed by atoms with E-state index in [9.17, 15) is 5.11 Å². The van der Waals surface area contributed by atoms with E-state index in [1.807, 2.05) is 12.1 Å². The number of allylic oxidation sites excluding steroid dienone is 2. The molecule has 1 N–H and O–H groups in total. The molecule has 208 valence electrons. The first kappa shape index (κ1) is 32.4. The maximum atomic E-state index is 10.0. The maximum Gasteiger partial charge on any atom is 0.200 e. The summed E-state index contributed by atoms with van der Waals surface area (Å²) in [6.07, 6.45) is 34.6. The molecule has 3 heteroatoms. The van der Waals surface area contributed by atoms with Crippen LogP contribution in [0.15, 0.2) is 24.3 Å². The molecule has 0 radical (unpaired) electrons. The van der Waals surface area contributed by atoms with Crippen molar-refractivity contribution < 1.29 is 14.6 Å². The summed E-state index contributed by atoms with van der Waals surface area (Å²) in [7, 11) is 3.16. The highest BCUT2D eigenvalue weighted by Crippen LogP contribution is 2.37. The molecule has 0 fully saturated rings. The molecule has 0 atom stereocenters. The van der Waals surface area contributed by atoms with Crippen molar-refractivity contribution in [3.8, 4) is 17.2 Å². The minimum Gasteiger partial charge on any atom is -0.502 e. The van der Waals surface area contributed by atoms with Crippen molar-refractivity contribution in [1.29, 1.82) is 0 Å². The van der Waals surface area contributed by atoms with Crippen molar-refractivity contribution in [2.45, 2.75) is 148 Å². The van der Waals surface area contributed by atoms with Gasteiger partial charge in [-0.3, -0.25) is 0 Å². The third-order valence-corrected chi connectivity index (χ3v) is 7.27. The van der Waals surface area contributed by atoms with E-state index in [2.05, 4.69) is 19.1 Å². The van der Waals surface area contributed by atoms with Crippen LogP contribution in [0.1, 0.15) is 147 Å². The molecule has 0 spiro atoms. The van der Waals surface area contributed by atoms with Gasteiger partial charge in [0.05, 0.1) is 14.2 Å². The standard InChI is InChI=1S/C33H58O3/c1-4-5-6-7-8-9-10-11-12-13-14-15-16-17-18-19-20-21-22-23-24-25-26-27-30-28-31(35-2)33(34)32(29-30)36-3/h11-12,28-29,34H,4-10,13-27H2,1-3H3. The fourth-order valence-electron chi connectivity index (χ4n) is 4.91. The number of benzene rings is 1. The van der Waals surface area contributed by atoms with Crippen molar-refractivity contribution in [2.24, 2.45) is 0 Å². The van der Waals surface area contributed by atoms with Gasteiger partial charge in [-0.1, -0.05) is 122 Å². The molecule has 0 aliphatic rings. The Morgan fingerprint density at radius 3 is 1.31 bits per heavy atom. The molecule has 0 aliphatic carbocycles. The molecule has 3 nitrogen and oxygen atoms in total. The first-order valence-electron chi connectivity index (χ1n) is 15.3. The van der Waals surface area contributed by atoms with Gasteiger partial charge in [-0.2, -0.15) is 0 Å². The smallest absolute Gasteiger partial charge is 0.200 e. The van der Waals surface area contributed by atoms with Gasteiger partial charge >= 0.3 is 0 Å². The lowest BCUT2D eigenvalue weighted by Gasteiger charge is -2.11. The summed E-state index contributed by atoms with van der Waals surface area (Å²) in [4.78, 5) is 0. The average Bonchev–Trinajstić information content (AvgIpc) is 2.89. The summed E-state index contributed by atoms with van der Waals surface area (Å²) in [6.45, 7) is 2.29. The number of methoxy groups -OCH3 is 2. The number of ether oxygens (including phenoxy) is 2. The van der Waals surface area contributed by atoms with Gasteiger partial charge in [-0.05, 0) is 56.2 Å². The van der Waals surface area contributed by atoms with Crippen LogP contribution in [0.3, 0.4) is 0 Å². The van der Waals surface area contributed by atoms with E-state index >= 15 is 0 Å². The Labute approximate surface area is 224 Å². The Hall–Kier alpha value is -1.64. The number of phenolic OH excluding ortho intramolecular Hbond substituents is 1. The molecule has 0 aliphatic heterocycles. The molecular formula is C33H58O3. The van der Waals surface area contributed by atoms with E-state index in [1.54, 1.807) is 14.2 Å². The lowest BCUT2D eigenvalue weighted by molar-refractivity contribution is 0.339. The monoisotopic (exact) mass is 502 g/mol. The summed E-state index contributed by atoms with van der Waals surface area (Å²) in [6, 6.07) is 3.85. The van der Waals surface area contributed by atoms with Gasteiger partial charge in [-0.15, -0.1) is 0 Å². The van der Waals surface area contributed by atoms with Crippen molar-refractivity contribution in [3.63, 3.8) is 0 Å². The second kappa shape index (κ2) is 23.7. The highest BCUT2D eigenvalue weighted by molar-refractivity contribution is 5.52. The Morgan fingerprint density at radius 2 is 0.917 bits per heavy atom. The van der Waals surface area contributed by atoms with E-state index in [-0.39, 0.29) is 5.75 Å². The molecule has 1 aromatic carbocycles. The summed E-state index contributed by atoms with van der Waals surface area (Å²) in [5.74, 6) is 1.08. The molecular weight excluding hydrogens is 444 g/mol. The molecule has 0 amide bonds. The van der Waals surface area contributed by atoms with Crippen LogP contribution in [0.2, 0.25) is 0 Å². The zero-order valence-electron chi connectivity index (χ0n) is 24.1. The maximum absolute atomic E-state index is 10.0. The van der Waals surface area contributed by atoms with Gasteiger partial charge < -0.3 is 14.6 Å². The molecule has 0 bridgehead atoms. The van der Waals surface area contributed by atoms with Gasteiger partial charge in [0, 0.05) is 0 Å². The predicted octanol–water partition coefficient (Wildman–Crippen LogP) is 10.7. The van der Waals surface area contributed by atoms with Gasteiger partial charge in [0.2, 0.25) is 5.75 Å². The topological polar surface area (TPSA) is 38.7 Å². The second-order valence-corrected chi connectivity index (χ2v) is 10.5. The molecule has 36 heavy (non-hydrogen) atoms. The number of hydrogen-bond donors (Lipinski definition) is 1. The fraction of sp³-hybridized carbons (Fsp3) is 0.758. The van der Waals surface area contributed by atoms with Crippen molar-refractivity contribution >= 4 is 0 Å². The molecule has 0 unspecified atom stereocenters. The van der Waals surface area contributed by atoms with Crippen LogP contribution in [-0.2, 0) is 6.42 Å². The molecule has 0 saturated heterocycles. The van der Waals surface area contributed by atoms with E-state index < -0.39 is 0 Å². The van der Waals surface area contributed by atoms with Crippen molar-refractivity contribution in [2.75, 3.05) is 14.2 Å². The normalized spacial score (nSPS) is 11.4. The number of hydrogen-bond acceptors (Lipinski definition) is 3. The Balaban J connectivity index is 1.83. The third-order valence-electron chi connectivity index (χ3n) is 7.27. The number of aromatic hydroxyl groups is 1. The molecule has 0 aromatic heterocycles. The number of rotatable bonds is 25. The molecule has 0 saturated carbocycles. The highest BCUT2D eigenvalue weighted by atomic mass is 16.5. The van der Waals surface area contributed by atoms with E-state index in [4.69, 9.17) is 9.47 Å². The Morgan fingerprint density at radius 1 is 0.556 bits per heavy atom. The lowest BCUT2D eigenvalue weighted by atomic mass is 10.0. The van der Waals surface area contributed by atoms with Crippen LogP contribution in [0.25, 0.3) is 0 Å². The zero-order chi connectivity index (χ0) is 26.1. The van der Waals surface area contributed by atoms with E-state index in [1.165, 1.54) is 140 Å². The van der Waals surface area contributed by atoms with Crippen LogP contribution in [0, 0.1) is 0 Å². The van der Waals surface area contributed by atoms with Crippen LogP contribution in [0.5, 0.6) is 17.2 Å².